The van der Waals surface area contributed by atoms with Crippen LogP contribution in [0.5, 0.6) is 0 Å². The van der Waals surface area contributed by atoms with E-state index in [9.17, 15) is 9.59 Å². The van der Waals surface area contributed by atoms with Gasteiger partial charge >= 0.3 is 12.0 Å². The number of nitrogens with zero attached hydrogens (tertiary/aromatic N) is 2. The zero-order valence-electron chi connectivity index (χ0n) is 12.5. The van der Waals surface area contributed by atoms with Crippen LogP contribution in [-0.4, -0.2) is 79.4 Å². The Kier molecular flexibility index (Phi) is 6.74. The Balaban J connectivity index is 2.42. The average molecular weight is 287 g/mol. The first-order valence-corrected chi connectivity index (χ1v) is 6.93. The molecule has 1 unspecified atom stereocenters. The Morgan fingerprint density at radius 2 is 2.20 bits per heavy atom. The van der Waals surface area contributed by atoms with Crippen molar-refractivity contribution in [1.29, 1.82) is 0 Å². The fraction of sp³-hybridized carbons (Fsp3) is 0.846. The lowest BCUT2D eigenvalue weighted by Gasteiger charge is -2.31. The summed E-state index contributed by atoms with van der Waals surface area (Å²) in [6, 6.07) is -0.349. The highest BCUT2D eigenvalue weighted by Crippen LogP contribution is 2.03. The molecular formula is C13H25N3O4. The minimum Gasteiger partial charge on any atom is -0.480 e. The van der Waals surface area contributed by atoms with Gasteiger partial charge in [0.2, 0.25) is 0 Å². The van der Waals surface area contributed by atoms with Crippen LogP contribution in [0.15, 0.2) is 0 Å². The number of hydrogen-bond donors (Lipinski definition) is 2. The summed E-state index contributed by atoms with van der Waals surface area (Å²) in [4.78, 5) is 26.3. The number of ether oxygens (including phenoxy) is 1. The second kappa shape index (κ2) is 8.06. The Hall–Kier alpha value is -1.34. The number of aliphatic carboxylic acids is 1. The minimum absolute atomic E-state index is 0.0385. The molecule has 1 rings (SSSR count). The Morgan fingerprint density at radius 3 is 2.75 bits per heavy atom. The molecule has 1 fully saturated rings. The number of carbonyl (C=O) groups excluding carboxylic acids is 1. The van der Waals surface area contributed by atoms with Crippen LogP contribution in [0.3, 0.4) is 0 Å². The van der Waals surface area contributed by atoms with Gasteiger partial charge in [-0.05, 0) is 13.0 Å². The standard InChI is InChI=1S/C13H25N3O4/c1-10(2)7-16(9-12(17)18)13(19)14-6-11-8-15(3)4-5-20-11/h10-11H,4-9H2,1-3H3,(H,14,19)(H,17,18). The molecule has 1 heterocycles. The summed E-state index contributed by atoms with van der Waals surface area (Å²) in [5, 5.41) is 11.6. The van der Waals surface area contributed by atoms with Gasteiger partial charge in [-0.15, -0.1) is 0 Å². The third kappa shape index (κ3) is 6.21. The van der Waals surface area contributed by atoms with Crippen LogP contribution in [0.4, 0.5) is 4.79 Å². The second-order valence-corrected chi connectivity index (χ2v) is 5.61. The number of carboxylic acids is 1. The van der Waals surface area contributed by atoms with Crippen LogP contribution in [-0.2, 0) is 9.53 Å². The quantitative estimate of drug-likeness (QED) is 0.722. The van der Waals surface area contributed by atoms with Crippen LogP contribution < -0.4 is 5.32 Å². The molecule has 0 saturated carbocycles. The van der Waals surface area contributed by atoms with Crippen LogP contribution in [0.2, 0.25) is 0 Å². The number of likely N-dealkylation sites (N-methyl/N-ethyl adjacent to an activating group) is 1. The normalized spacial score (nSPS) is 19.9. The summed E-state index contributed by atoms with van der Waals surface area (Å²) >= 11 is 0. The van der Waals surface area contributed by atoms with Gasteiger partial charge in [-0.3, -0.25) is 4.79 Å². The molecule has 116 valence electrons. The van der Waals surface area contributed by atoms with Crippen molar-refractivity contribution in [2.75, 3.05) is 46.4 Å². The van der Waals surface area contributed by atoms with Crippen LogP contribution >= 0.6 is 0 Å². The first-order valence-electron chi connectivity index (χ1n) is 6.93. The number of carboxylic acid groups (broad SMARTS) is 1. The van der Waals surface area contributed by atoms with Gasteiger partial charge in [-0.1, -0.05) is 13.8 Å². The molecule has 2 amide bonds. The maximum atomic E-state index is 12.0. The van der Waals surface area contributed by atoms with E-state index in [0.717, 1.165) is 13.1 Å². The van der Waals surface area contributed by atoms with Gasteiger partial charge < -0.3 is 25.0 Å². The van der Waals surface area contributed by atoms with Crippen molar-refractivity contribution >= 4 is 12.0 Å². The van der Waals surface area contributed by atoms with Crippen LogP contribution in [0, 0.1) is 5.92 Å². The molecule has 0 spiro atoms. The highest BCUT2D eigenvalue weighted by Gasteiger charge is 2.21. The highest BCUT2D eigenvalue weighted by atomic mass is 16.5. The van der Waals surface area contributed by atoms with Gasteiger partial charge in [0.25, 0.3) is 0 Å². The van der Waals surface area contributed by atoms with Gasteiger partial charge in [0, 0.05) is 26.2 Å². The van der Waals surface area contributed by atoms with E-state index in [1.807, 2.05) is 20.9 Å². The molecule has 1 aliphatic rings. The van der Waals surface area contributed by atoms with Crippen molar-refractivity contribution in [2.45, 2.75) is 20.0 Å². The predicted molar refractivity (Wildman–Crippen MR) is 74.7 cm³/mol. The maximum absolute atomic E-state index is 12.0. The van der Waals surface area contributed by atoms with E-state index in [-0.39, 0.29) is 24.6 Å². The number of nitrogens with one attached hydrogen (secondary N) is 1. The van der Waals surface area contributed by atoms with E-state index in [0.29, 0.717) is 19.7 Å². The first-order chi connectivity index (χ1) is 9.38. The van der Waals surface area contributed by atoms with Crippen molar-refractivity contribution < 1.29 is 19.4 Å². The van der Waals surface area contributed by atoms with Crippen molar-refractivity contribution in [2.24, 2.45) is 5.92 Å². The average Bonchev–Trinajstić information content (AvgIpc) is 2.34. The molecule has 20 heavy (non-hydrogen) atoms. The largest absolute Gasteiger partial charge is 0.480 e. The molecule has 0 aromatic rings. The molecule has 0 bridgehead atoms. The van der Waals surface area contributed by atoms with E-state index < -0.39 is 5.97 Å². The van der Waals surface area contributed by atoms with Crippen LogP contribution in [0.1, 0.15) is 13.8 Å². The molecule has 1 atom stereocenters. The zero-order chi connectivity index (χ0) is 15.1. The van der Waals surface area contributed by atoms with Crippen molar-refractivity contribution in [3.05, 3.63) is 0 Å². The molecule has 7 nitrogen and oxygen atoms in total. The summed E-state index contributed by atoms with van der Waals surface area (Å²) in [6.45, 7) is 6.74. The van der Waals surface area contributed by atoms with Gasteiger partial charge in [-0.2, -0.15) is 0 Å². The molecule has 2 N–H and O–H groups in total. The molecule has 0 radical (unpaired) electrons. The number of morpholine rings is 1. The lowest BCUT2D eigenvalue weighted by atomic mass is 10.2. The molecule has 1 aliphatic heterocycles. The lowest BCUT2D eigenvalue weighted by molar-refractivity contribution is -0.137. The summed E-state index contributed by atoms with van der Waals surface area (Å²) in [7, 11) is 2.01. The first kappa shape index (κ1) is 16.7. The van der Waals surface area contributed by atoms with Crippen molar-refractivity contribution in [1.82, 2.24) is 15.1 Å². The van der Waals surface area contributed by atoms with Crippen molar-refractivity contribution in [3.8, 4) is 0 Å². The monoisotopic (exact) mass is 287 g/mol. The predicted octanol–water partition coefficient (Wildman–Crippen LogP) is 0.0692. The Bertz CT molecular complexity index is 336. The highest BCUT2D eigenvalue weighted by molar-refractivity contribution is 5.80. The molecule has 0 aromatic heterocycles. The Morgan fingerprint density at radius 1 is 1.50 bits per heavy atom. The third-order valence-corrected chi connectivity index (χ3v) is 3.02. The van der Waals surface area contributed by atoms with Gasteiger partial charge in [0.15, 0.2) is 0 Å². The van der Waals surface area contributed by atoms with E-state index >= 15 is 0 Å². The lowest BCUT2D eigenvalue weighted by Crippen LogP contribution is -2.50. The maximum Gasteiger partial charge on any atom is 0.323 e. The summed E-state index contributed by atoms with van der Waals surface area (Å²) in [6.07, 6.45) is -0.0385. The molecule has 0 aromatic carbocycles. The van der Waals surface area contributed by atoms with Crippen LogP contribution in [0.25, 0.3) is 0 Å². The number of carbonyl (C=O) groups is 2. The van der Waals surface area contributed by atoms with Gasteiger partial charge in [-0.25, -0.2) is 4.79 Å². The topological polar surface area (TPSA) is 82.1 Å². The number of rotatable bonds is 6. The SMILES string of the molecule is CC(C)CN(CC(=O)O)C(=O)NCC1CN(C)CCO1. The van der Waals surface area contributed by atoms with Gasteiger partial charge in [0.05, 0.1) is 12.7 Å². The third-order valence-electron chi connectivity index (χ3n) is 3.02. The number of urea groups is 1. The fourth-order valence-electron chi connectivity index (χ4n) is 2.13. The Labute approximate surface area is 119 Å². The fourth-order valence-corrected chi connectivity index (χ4v) is 2.13. The summed E-state index contributed by atoms with van der Waals surface area (Å²) < 4.78 is 5.55. The molecule has 1 saturated heterocycles. The van der Waals surface area contributed by atoms with Crippen molar-refractivity contribution in [3.63, 3.8) is 0 Å². The van der Waals surface area contributed by atoms with E-state index in [1.54, 1.807) is 0 Å². The van der Waals surface area contributed by atoms with E-state index in [4.69, 9.17) is 9.84 Å². The molecule has 0 aliphatic carbocycles. The number of hydrogen-bond acceptors (Lipinski definition) is 4. The number of amides is 2. The second-order valence-electron chi connectivity index (χ2n) is 5.61. The smallest absolute Gasteiger partial charge is 0.323 e. The van der Waals surface area contributed by atoms with Gasteiger partial charge in [0.1, 0.15) is 6.54 Å². The summed E-state index contributed by atoms with van der Waals surface area (Å²) in [5.41, 5.74) is 0. The molecular weight excluding hydrogens is 262 g/mol. The zero-order valence-corrected chi connectivity index (χ0v) is 12.5. The minimum atomic E-state index is -1.01. The molecule has 7 heteroatoms. The van der Waals surface area contributed by atoms with E-state index in [1.165, 1.54) is 4.90 Å². The van der Waals surface area contributed by atoms with E-state index in [2.05, 4.69) is 10.2 Å². The summed E-state index contributed by atoms with van der Waals surface area (Å²) in [5.74, 6) is -0.786.